The summed E-state index contributed by atoms with van der Waals surface area (Å²) < 4.78 is 38.9. The number of carbonyl (C=O) groups excluding carboxylic acids is 2. The van der Waals surface area contributed by atoms with E-state index in [1.807, 2.05) is 41.5 Å². The molecule has 2 N–H and O–H groups in total. The third kappa shape index (κ3) is 4.58. The van der Waals surface area contributed by atoms with Crippen LogP contribution in [0.3, 0.4) is 0 Å². The van der Waals surface area contributed by atoms with Crippen molar-refractivity contribution in [2.24, 2.45) is 16.7 Å². The van der Waals surface area contributed by atoms with E-state index in [1.54, 1.807) is 36.4 Å². The molecule has 1 aromatic carbocycles. The molecular formula is C35H46O10. The highest BCUT2D eigenvalue weighted by atomic mass is 16.8. The topological polar surface area (TPSA) is 130 Å². The number of fused-ring (bicyclic) bond motifs is 8. The summed E-state index contributed by atoms with van der Waals surface area (Å²) in [4.78, 5) is 26.9. The molecule has 4 fully saturated rings. The molecule has 0 amide bonds. The summed E-state index contributed by atoms with van der Waals surface area (Å²) in [7, 11) is 0. The zero-order valence-corrected chi connectivity index (χ0v) is 27.2. The van der Waals surface area contributed by atoms with Crippen molar-refractivity contribution in [3.05, 3.63) is 59.7 Å². The first-order valence-electron chi connectivity index (χ1n) is 15.8. The third-order valence-corrected chi connectivity index (χ3v) is 11.3. The molecule has 10 heteroatoms. The van der Waals surface area contributed by atoms with E-state index in [2.05, 4.69) is 6.58 Å². The molecule has 10 nitrogen and oxygen atoms in total. The number of hydrogen-bond donors (Lipinski definition) is 2. The third-order valence-electron chi connectivity index (χ3n) is 11.3. The summed E-state index contributed by atoms with van der Waals surface area (Å²) in [5, 5.41) is 24.8. The second-order valence-electron chi connectivity index (χ2n) is 14.6. The molecular weight excluding hydrogens is 580 g/mol. The van der Waals surface area contributed by atoms with E-state index in [1.165, 1.54) is 6.92 Å². The predicted molar refractivity (Wildman–Crippen MR) is 162 cm³/mol. The first-order valence-corrected chi connectivity index (χ1v) is 15.8. The van der Waals surface area contributed by atoms with Crippen LogP contribution in [0.25, 0.3) is 0 Å². The molecule has 2 heterocycles. The first kappa shape index (κ1) is 32.3. The van der Waals surface area contributed by atoms with E-state index in [9.17, 15) is 19.8 Å². The lowest BCUT2D eigenvalue weighted by Crippen LogP contribution is -2.82. The summed E-state index contributed by atoms with van der Waals surface area (Å²) in [6.45, 7) is 16.7. The van der Waals surface area contributed by atoms with Crippen LogP contribution in [-0.4, -0.2) is 89.0 Å². The van der Waals surface area contributed by atoms with Crippen LogP contribution >= 0.6 is 0 Å². The number of aliphatic hydroxyl groups is 2. The standard InChI is InChI=1S/C35H46O10/c1-9-15-40-23-16-24-34(18-41-24,43-20(3)36)27-29(42-30(38)21-13-11-10-12-14-21)35(39)17-22(37)19(2)25(31(35,4)5)26-28(33(23,27)8)45-32(6,7)44-26/h9-14,22-24,26-29,37,39H,1,15-18H2,2-8H3/t22-,23-,24+,26+,27-,28+,29-,33+,34-,35+/m0/s1. The Labute approximate surface area is 264 Å². The number of aliphatic hydroxyl groups excluding tert-OH is 1. The fourth-order valence-corrected chi connectivity index (χ4v) is 9.18. The van der Waals surface area contributed by atoms with Crippen LogP contribution in [0.1, 0.15) is 71.7 Å². The number of carbonyl (C=O) groups is 2. The Bertz CT molecular complexity index is 1400. The molecule has 5 aliphatic rings. The van der Waals surface area contributed by atoms with E-state index in [-0.39, 0.29) is 19.6 Å². The van der Waals surface area contributed by atoms with Gasteiger partial charge in [0.1, 0.15) is 23.9 Å². The van der Waals surface area contributed by atoms with Gasteiger partial charge in [-0.05, 0) is 44.1 Å². The van der Waals surface area contributed by atoms with Crippen molar-refractivity contribution in [2.45, 2.75) is 115 Å². The van der Waals surface area contributed by atoms with Crippen molar-refractivity contribution < 1.29 is 48.2 Å². The molecule has 2 aliphatic heterocycles. The molecule has 3 aliphatic carbocycles. The SMILES string of the molecule is C=CCO[C@H]1C[C@H]2OC[C@@]2(OC(C)=O)[C@H]2[C@H](OC(=O)c3ccccc3)[C@]3(O)C[C@H](O)C(C)=C([C@H]4OC(C)(C)O[C@H]4[C@]12C)C3(C)C. The Hall–Kier alpha value is -2.60. The molecule has 246 valence electrons. The van der Waals surface area contributed by atoms with Crippen molar-refractivity contribution >= 4 is 11.9 Å². The Morgan fingerprint density at radius 3 is 2.40 bits per heavy atom. The molecule has 0 unspecified atom stereocenters. The summed E-state index contributed by atoms with van der Waals surface area (Å²) in [5.74, 6) is -3.15. The van der Waals surface area contributed by atoms with Gasteiger partial charge in [-0.3, -0.25) is 4.79 Å². The van der Waals surface area contributed by atoms with Crippen molar-refractivity contribution in [1.29, 1.82) is 0 Å². The highest BCUT2D eigenvalue weighted by molar-refractivity contribution is 5.89. The van der Waals surface area contributed by atoms with E-state index in [4.69, 9.17) is 28.4 Å². The maximum Gasteiger partial charge on any atom is 0.338 e. The zero-order chi connectivity index (χ0) is 32.7. The first-order chi connectivity index (χ1) is 21.0. The van der Waals surface area contributed by atoms with Crippen molar-refractivity contribution in [3.8, 4) is 0 Å². The monoisotopic (exact) mass is 626 g/mol. The molecule has 45 heavy (non-hydrogen) atoms. The van der Waals surface area contributed by atoms with E-state index in [0.717, 1.165) is 0 Å². The van der Waals surface area contributed by atoms with Gasteiger partial charge in [0.05, 0.1) is 43.0 Å². The van der Waals surface area contributed by atoms with Gasteiger partial charge in [-0.1, -0.05) is 45.0 Å². The maximum absolute atomic E-state index is 14.0. The second kappa shape index (κ2) is 10.7. The number of hydrogen-bond acceptors (Lipinski definition) is 10. The lowest BCUT2D eigenvalue weighted by atomic mass is 9.44. The lowest BCUT2D eigenvalue weighted by Gasteiger charge is -2.69. The number of benzene rings is 1. The molecule has 1 aromatic rings. The van der Waals surface area contributed by atoms with E-state index in [0.29, 0.717) is 23.1 Å². The smallest absolute Gasteiger partial charge is 0.338 e. The van der Waals surface area contributed by atoms with Gasteiger partial charge in [0.25, 0.3) is 0 Å². The Morgan fingerprint density at radius 1 is 1.11 bits per heavy atom. The van der Waals surface area contributed by atoms with Gasteiger partial charge in [0, 0.05) is 30.6 Å². The average molecular weight is 627 g/mol. The van der Waals surface area contributed by atoms with E-state index >= 15 is 0 Å². The van der Waals surface area contributed by atoms with Crippen molar-refractivity contribution in [3.63, 3.8) is 0 Å². The molecule has 10 atom stereocenters. The fraction of sp³-hybridized carbons (Fsp3) is 0.657. The molecule has 0 radical (unpaired) electrons. The van der Waals surface area contributed by atoms with Gasteiger partial charge in [0.2, 0.25) is 0 Å². The Kier molecular flexibility index (Phi) is 7.70. The quantitative estimate of drug-likeness (QED) is 0.355. The van der Waals surface area contributed by atoms with Gasteiger partial charge in [0.15, 0.2) is 11.4 Å². The minimum absolute atomic E-state index is 0.0213. The normalized spacial score (nSPS) is 42.6. The average Bonchev–Trinajstić information content (AvgIpc) is 3.28. The Morgan fingerprint density at radius 2 is 1.80 bits per heavy atom. The molecule has 2 saturated carbocycles. The highest BCUT2D eigenvalue weighted by Crippen LogP contribution is 2.67. The van der Waals surface area contributed by atoms with Crippen LogP contribution in [0.4, 0.5) is 0 Å². The van der Waals surface area contributed by atoms with Gasteiger partial charge in [-0.15, -0.1) is 6.58 Å². The van der Waals surface area contributed by atoms with Crippen LogP contribution in [-0.2, 0) is 33.2 Å². The van der Waals surface area contributed by atoms with Gasteiger partial charge >= 0.3 is 11.9 Å². The fourth-order valence-electron chi connectivity index (χ4n) is 9.18. The van der Waals surface area contributed by atoms with Gasteiger partial charge < -0.3 is 38.6 Å². The zero-order valence-electron chi connectivity index (χ0n) is 27.2. The minimum Gasteiger partial charge on any atom is -0.455 e. The van der Waals surface area contributed by atoms with Gasteiger partial charge in [-0.25, -0.2) is 4.79 Å². The number of esters is 2. The van der Waals surface area contributed by atoms with Crippen LogP contribution in [0, 0.1) is 16.7 Å². The lowest BCUT2D eigenvalue weighted by molar-refractivity contribution is -0.365. The summed E-state index contributed by atoms with van der Waals surface area (Å²) in [6.07, 6.45) is -3.12. The molecule has 0 spiro atoms. The summed E-state index contributed by atoms with van der Waals surface area (Å²) >= 11 is 0. The largest absolute Gasteiger partial charge is 0.455 e. The van der Waals surface area contributed by atoms with Gasteiger partial charge in [-0.2, -0.15) is 0 Å². The van der Waals surface area contributed by atoms with Crippen LogP contribution in [0.5, 0.6) is 0 Å². The summed E-state index contributed by atoms with van der Waals surface area (Å²) in [5.41, 5.74) is -3.68. The second-order valence-corrected chi connectivity index (χ2v) is 14.6. The van der Waals surface area contributed by atoms with Crippen LogP contribution in [0.15, 0.2) is 54.1 Å². The molecule has 2 saturated heterocycles. The predicted octanol–water partition coefficient (Wildman–Crippen LogP) is 3.88. The molecule has 2 bridgehead atoms. The van der Waals surface area contributed by atoms with Crippen LogP contribution < -0.4 is 0 Å². The minimum atomic E-state index is -1.85. The van der Waals surface area contributed by atoms with Crippen molar-refractivity contribution in [2.75, 3.05) is 13.2 Å². The highest BCUT2D eigenvalue weighted by Gasteiger charge is 2.79. The number of rotatable bonds is 6. The van der Waals surface area contributed by atoms with E-state index < -0.39 is 82.3 Å². The Balaban J connectivity index is 1.67. The summed E-state index contributed by atoms with van der Waals surface area (Å²) in [6, 6.07) is 8.55. The van der Waals surface area contributed by atoms with Crippen molar-refractivity contribution in [1.82, 2.24) is 0 Å². The van der Waals surface area contributed by atoms with Crippen LogP contribution in [0.2, 0.25) is 0 Å². The maximum atomic E-state index is 14.0. The molecule has 6 rings (SSSR count). The number of ether oxygens (including phenoxy) is 6. The molecule has 0 aromatic heterocycles.